The molecule has 0 N–H and O–H groups in total. The summed E-state index contributed by atoms with van der Waals surface area (Å²) in [6.07, 6.45) is 6.00. The molecule has 0 saturated carbocycles. The van der Waals surface area contributed by atoms with Gasteiger partial charge in [-0.25, -0.2) is 4.39 Å². The van der Waals surface area contributed by atoms with Crippen LogP contribution in [0.25, 0.3) is 0 Å². The third-order valence-electron chi connectivity index (χ3n) is 3.39. The maximum Gasteiger partial charge on any atom is 0.132 e. The number of nitriles is 1. The van der Waals surface area contributed by atoms with E-state index in [0.717, 1.165) is 30.4 Å². The summed E-state index contributed by atoms with van der Waals surface area (Å²) in [6.45, 7) is 2.11. The molecule has 3 nitrogen and oxygen atoms in total. The first kappa shape index (κ1) is 16.6. The quantitative estimate of drug-likeness (QED) is 0.573. The van der Waals surface area contributed by atoms with Crippen LogP contribution in [0.5, 0.6) is 0 Å². The van der Waals surface area contributed by atoms with E-state index in [-0.39, 0.29) is 5.82 Å². The van der Waals surface area contributed by atoms with Crippen LogP contribution in [0, 0.1) is 17.1 Å². The molecule has 0 atom stereocenters. The van der Waals surface area contributed by atoms with Crippen LogP contribution in [0.4, 0.5) is 4.39 Å². The van der Waals surface area contributed by atoms with E-state index in [4.69, 9.17) is 5.26 Å². The zero-order valence-corrected chi connectivity index (χ0v) is 13.0. The van der Waals surface area contributed by atoms with Crippen molar-refractivity contribution in [2.45, 2.75) is 26.2 Å². The Bertz CT molecular complexity index is 740. The molecule has 0 amide bonds. The Hall–Kier alpha value is -2.80. The average Bonchev–Trinajstić information content (AvgIpc) is 2.58. The summed E-state index contributed by atoms with van der Waals surface area (Å²) in [4.78, 5) is 0. The van der Waals surface area contributed by atoms with E-state index in [1.807, 2.05) is 6.07 Å². The summed E-state index contributed by atoms with van der Waals surface area (Å²) >= 11 is 0. The molecule has 23 heavy (non-hydrogen) atoms. The molecular formula is C19H18FN3. The minimum Gasteiger partial charge on any atom is -0.206 e. The number of rotatable bonds is 6. The lowest BCUT2D eigenvalue weighted by Gasteiger charge is -2.01. The Morgan fingerprint density at radius 3 is 2.48 bits per heavy atom. The highest BCUT2D eigenvalue weighted by Crippen LogP contribution is 2.11. The van der Waals surface area contributed by atoms with Crippen LogP contribution in [-0.4, -0.2) is 12.4 Å². The van der Waals surface area contributed by atoms with Gasteiger partial charge in [0.1, 0.15) is 5.82 Å². The van der Waals surface area contributed by atoms with Gasteiger partial charge in [0.15, 0.2) is 0 Å². The van der Waals surface area contributed by atoms with Gasteiger partial charge < -0.3 is 0 Å². The highest BCUT2D eigenvalue weighted by atomic mass is 19.1. The summed E-state index contributed by atoms with van der Waals surface area (Å²) in [7, 11) is 0. The maximum atomic E-state index is 13.9. The molecule has 0 saturated heterocycles. The van der Waals surface area contributed by atoms with Crippen molar-refractivity contribution in [1.29, 1.82) is 5.26 Å². The van der Waals surface area contributed by atoms with Crippen molar-refractivity contribution in [1.82, 2.24) is 0 Å². The van der Waals surface area contributed by atoms with Gasteiger partial charge in [0.25, 0.3) is 0 Å². The second-order valence-electron chi connectivity index (χ2n) is 5.18. The predicted octanol–water partition coefficient (Wildman–Crippen LogP) is 4.49. The number of halogens is 1. The van der Waals surface area contributed by atoms with Gasteiger partial charge in [0.2, 0.25) is 0 Å². The van der Waals surface area contributed by atoms with E-state index in [0.29, 0.717) is 11.1 Å². The summed E-state index contributed by atoms with van der Waals surface area (Å²) in [5.74, 6) is -0.282. The molecule has 4 heteroatoms. The topological polar surface area (TPSA) is 48.5 Å². The van der Waals surface area contributed by atoms with Crippen LogP contribution in [0.2, 0.25) is 0 Å². The highest BCUT2D eigenvalue weighted by molar-refractivity contribution is 5.83. The lowest BCUT2D eigenvalue weighted by molar-refractivity contribution is 0.622. The zero-order chi connectivity index (χ0) is 16.5. The number of hydrogen-bond donors (Lipinski definition) is 0. The molecule has 116 valence electrons. The first-order chi connectivity index (χ1) is 11.2. The molecule has 0 aliphatic rings. The lowest BCUT2D eigenvalue weighted by Crippen LogP contribution is -1.92. The van der Waals surface area contributed by atoms with Gasteiger partial charge in [-0.1, -0.05) is 37.6 Å². The third-order valence-corrected chi connectivity index (χ3v) is 3.39. The minimum absolute atomic E-state index is 0.282. The van der Waals surface area contributed by atoms with Gasteiger partial charge in [-0.05, 0) is 42.2 Å². The van der Waals surface area contributed by atoms with E-state index in [1.54, 1.807) is 42.6 Å². The van der Waals surface area contributed by atoms with E-state index in [2.05, 4.69) is 23.2 Å². The van der Waals surface area contributed by atoms with Crippen molar-refractivity contribution in [3.05, 3.63) is 70.5 Å². The standard InChI is InChI=1S/C19H18FN3/c1-2-3-4-15-9-10-18(19(20)11-15)14-23-22-13-17-7-5-16(12-21)6-8-17/h5-11,13-14H,2-4H2,1H3/b22-13+,23-14+. The van der Waals surface area contributed by atoms with Gasteiger partial charge in [-0.2, -0.15) is 15.5 Å². The SMILES string of the molecule is CCCCc1ccc(/C=N/N=C/c2ccc(C#N)cc2)c(F)c1. The minimum atomic E-state index is -0.282. The van der Waals surface area contributed by atoms with Gasteiger partial charge in [0.05, 0.1) is 24.1 Å². The number of unbranched alkanes of at least 4 members (excludes halogenated alkanes) is 1. The molecule has 0 fully saturated rings. The fraction of sp³-hybridized carbons (Fsp3) is 0.211. The molecule has 0 aliphatic heterocycles. The molecule has 0 heterocycles. The van der Waals surface area contributed by atoms with Gasteiger partial charge in [-0.3, -0.25) is 0 Å². The normalized spacial score (nSPS) is 11.2. The Kier molecular flexibility index (Phi) is 6.19. The fourth-order valence-corrected chi connectivity index (χ4v) is 2.05. The number of nitrogens with zero attached hydrogens (tertiary/aromatic N) is 3. The Morgan fingerprint density at radius 2 is 1.83 bits per heavy atom. The monoisotopic (exact) mass is 307 g/mol. The van der Waals surface area contributed by atoms with Crippen LogP contribution < -0.4 is 0 Å². The lowest BCUT2D eigenvalue weighted by atomic mass is 10.1. The van der Waals surface area contributed by atoms with Crippen LogP contribution in [0.1, 0.15) is 42.0 Å². The van der Waals surface area contributed by atoms with Crippen molar-refractivity contribution >= 4 is 12.4 Å². The van der Waals surface area contributed by atoms with Crippen LogP contribution in [0.15, 0.2) is 52.7 Å². The highest BCUT2D eigenvalue weighted by Gasteiger charge is 2.01. The molecule has 2 rings (SSSR count). The summed E-state index contributed by atoms with van der Waals surface area (Å²) in [5, 5.41) is 16.5. The molecule has 0 aromatic heterocycles. The summed E-state index contributed by atoms with van der Waals surface area (Å²) < 4.78 is 13.9. The van der Waals surface area contributed by atoms with E-state index in [1.165, 1.54) is 6.21 Å². The van der Waals surface area contributed by atoms with Gasteiger partial charge in [-0.15, -0.1) is 0 Å². The molecule has 2 aromatic carbocycles. The second kappa shape index (κ2) is 8.60. The summed E-state index contributed by atoms with van der Waals surface area (Å²) in [5.41, 5.74) is 2.84. The molecule has 0 radical (unpaired) electrons. The summed E-state index contributed by atoms with van der Waals surface area (Å²) in [6, 6.07) is 14.2. The Labute approximate surface area is 135 Å². The van der Waals surface area contributed by atoms with Crippen molar-refractivity contribution in [3.8, 4) is 6.07 Å². The smallest absolute Gasteiger partial charge is 0.132 e. The van der Waals surface area contributed by atoms with Crippen molar-refractivity contribution in [3.63, 3.8) is 0 Å². The first-order valence-corrected chi connectivity index (χ1v) is 7.58. The molecule has 0 spiro atoms. The molecule has 0 unspecified atom stereocenters. The van der Waals surface area contributed by atoms with Crippen molar-refractivity contribution in [2.75, 3.05) is 0 Å². The number of hydrogen-bond acceptors (Lipinski definition) is 3. The molecule has 0 bridgehead atoms. The zero-order valence-electron chi connectivity index (χ0n) is 13.0. The second-order valence-corrected chi connectivity index (χ2v) is 5.18. The fourth-order valence-electron chi connectivity index (χ4n) is 2.05. The Morgan fingerprint density at radius 1 is 1.09 bits per heavy atom. The van der Waals surface area contributed by atoms with Crippen molar-refractivity contribution < 1.29 is 4.39 Å². The van der Waals surface area contributed by atoms with E-state index < -0.39 is 0 Å². The number of benzene rings is 2. The molecular weight excluding hydrogens is 289 g/mol. The Balaban J connectivity index is 1.99. The van der Waals surface area contributed by atoms with Crippen LogP contribution in [-0.2, 0) is 6.42 Å². The van der Waals surface area contributed by atoms with Gasteiger partial charge >= 0.3 is 0 Å². The average molecular weight is 307 g/mol. The van der Waals surface area contributed by atoms with Crippen LogP contribution >= 0.6 is 0 Å². The first-order valence-electron chi connectivity index (χ1n) is 7.58. The van der Waals surface area contributed by atoms with E-state index in [9.17, 15) is 4.39 Å². The van der Waals surface area contributed by atoms with Gasteiger partial charge in [0, 0.05) is 5.56 Å². The van der Waals surface area contributed by atoms with Crippen molar-refractivity contribution in [2.24, 2.45) is 10.2 Å². The maximum absolute atomic E-state index is 13.9. The third kappa shape index (κ3) is 5.15. The predicted molar refractivity (Wildman–Crippen MR) is 91.4 cm³/mol. The largest absolute Gasteiger partial charge is 0.206 e. The molecule has 0 aliphatic carbocycles. The number of aryl methyl sites for hydroxylation is 1. The van der Waals surface area contributed by atoms with Crippen LogP contribution in [0.3, 0.4) is 0 Å². The molecule has 2 aromatic rings. The van der Waals surface area contributed by atoms with E-state index >= 15 is 0 Å².